The lowest BCUT2D eigenvalue weighted by atomic mass is 10.1. The second-order valence-electron chi connectivity index (χ2n) is 8.56. The summed E-state index contributed by atoms with van der Waals surface area (Å²) in [5, 5.41) is 3.46. The smallest absolute Gasteiger partial charge is 0.345 e. The third-order valence-corrected chi connectivity index (χ3v) is 6.22. The van der Waals surface area contributed by atoms with Gasteiger partial charge in [0, 0.05) is 35.7 Å². The molecule has 0 fully saturated rings. The molecule has 0 unspecified atom stereocenters. The van der Waals surface area contributed by atoms with E-state index < -0.39 is 11.7 Å². The Morgan fingerprint density at radius 3 is 2.39 bits per heavy atom. The molecule has 4 nitrogen and oxygen atoms in total. The molecular weight excluding hydrogens is 487 g/mol. The molecule has 3 aromatic carbocycles. The van der Waals surface area contributed by atoms with Gasteiger partial charge >= 0.3 is 12.2 Å². The Kier molecular flexibility index (Phi) is 7.70. The first-order chi connectivity index (χ1) is 17.2. The van der Waals surface area contributed by atoms with Crippen LogP contribution < -0.4 is 5.32 Å². The number of nitrogens with zero attached hydrogens (tertiary/aromatic N) is 2. The van der Waals surface area contributed by atoms with Crippen molar-refractivity contribution in [2.75, 3.05) is 5.32 Å². The zero-order valence-electron chi connectivity index (χ0n) is 19.6. The zero-order chi connectivity index (χ0) is 25.7. The molecule has 36 heavy (non-hydrogen) atoms. The molecule has 0 aliphatic rings. The fraction of sp³-hybridized carbons (Fsp3) is 0.179. The van der Waals surface area contributed by atoms with Gasteiger partial charge in [-0.1, -0.05) is 60.1 Å². The van der Waals surface area contributed by atoms with Crippen LogP contribution in [0.15, 0.2) is 91.1 Å². The van der Waals surface area contributed by atoms with Crippen molar-refractivity contribution in [3.05, 3.63) is 124 Å². The van der Waals surface area contributed by atoms with E-state index in [2.05, 4.69) is 5.32 Å². The fourth-order valence-corrected chi connectivity index (χ4v) is 4.04. The lowest BCUT2D eigenvalue weighted by Gasteiger charge is -2.24. The average molecular weight is 512 g/mol. The molecule has 0 bridgehead atoms. The molecule has 4 aromatic rings. The maximum Gasteiger partial charge on any atom is 0.416 e. The van der Waals surface area contributed by atoms with E-state index in [0.29, 0.717) is 22.8 Å². The summed E-state index contributed by atoms with van der Waals surface area (Å²) in [6.07, 6.45) is -2.60. The van der Waals surface area contributed by atoms with Gasteiger partial charge in [-0.15, -0.1) is 0 Å². The number of alkyl halides is 3. The molecule has 1 N–H and O–H groups in total. The van der Waals surface area contributed by atoms with Crippen LogP contribution >= 0.6 is 11.6 Å². The van der Waals surface area contributed by atoms with E-state index in [9.17, 15) is 18.0 Å². The minimum atomic E-state index is -4.40. The Balaban J connectivity index is 1.56. The Morgan fingerprint density at radius 1 is 0.917 bits per heavy atom. The van der Waals surface area contributed by atoms with Gasteiger partial charge in [0.2, 0.25) is 0 Å². The van der Waals surface area contributed by atoms with Crippen molar-refractivity contribution < 1.29 is 18.0 Å². The fourth-order valence-electron chi connectivity index (χ4n) is 3.86. The average Bonchev–Trinajstić information content (AvgIpc) is 3.27. The van der Waals surface area contributed by atoms with Crippen LogP contribution in [0.3, 0.4) is 0 Å². The van der Waals surface area contributed by atoms with Crippen molar-refractivity contribution in [1.82, 2.24) is 9.47 Å². The van der Waals surface area contributed by atoms with E-state index in [1.807, 2.05) is 60.0 Å². The minimum absolute atomic E-state index is 0.251. The number of nitrogens with one attached hydrogen (secondary N) is 1. The van der Waals surface area contributed by atoms with Gasteiger partial charge in [-0.05, 0) is 60.0 Å². The van der Waals surface area contributed by atoms with Crippen molar-refractivity contribution in [3.8, 4) is 0 Å². The molecule has 0 atom stereocenters. The van der Waals surface area contributed by atoms with Gasteiger partial charge in [0.05, 0.1) is 12.1 Å². The largest absolute Gasteiger partial charge is 0.416 e. The Morgan fingerprint density at radius 2 is 1.67 bits per heavy atom. The summed E-state index contributed by atoms with van der Waals surface area (Å²) in [6, 6.07) is 23.6. The number of urea groups is 1. The number of amides is 2. The lowest BCUT2D eigenvalue weighted by molar-refractivity contribution is -0.137. The van der Waals surface area contributed by atoms with E-state index in [1.165, 1.54) is 6.07 Å². The third-order valence-electron chi connectivity index (χ3n) is 5.81. The van der Waals surface area contributed by atoms with Crippen LogP contribution in [0.2, 0.25) is 5.02 Å². The molecule has 1 heterocycles. The van der Waals surface area contributed by atoms with Crippen molar-refractivity contribution >= 4 is 23.3 Å². The van der Waals surface area contributed by atoms with Crippen LogP contribution in [0.4, 0.5) is 23.7 Å². The lowest BCUT2D eigenvalue weighted by Crippen LogP contribution is -2.34. The molecule has 0 aliphatic carbocycles. The molecule has 4 rings (SSSR count). The summed E-state index contributed by atoms with van der Waals surface area (Å²) in [5.41, 5.74) is 3.06. The van der Waals surface area contributed by atoms with Crippen LogP contribution in [0.5, 0.6) is 0 Å². The van der Waals surface area contributed by atoms with Gasteiger partial charge in [-0.3, -0.25) is 0 Å². The number of aryl methyl sites for hydroxylation is 1. The summed E-state index contributed by atoms with van der Waals surface area (Å²) in [4.78, 5) is 15.0. The Labute approximate surface area is 212 Å². The van der Waals surface area contributed by atoms with Gasteiger partial charge < -0.3 is 14.8 Å². The van der Waals surface area contributed by atoms with Crippen LogP contribution in [0, 0.1) is 6.92 Å². The standard InChI is InChI=1S/C28H25ClF3N3O/c1-20-12-13-24(16-26(20)29)33-27(36)35(17-21-7-3-2-4-8-21)19-25-11-6-14-34(25)18-22-9-5-10-23(15-22)28(30,31)32/h2-16H,17-19H2,1H3,(H,33,36). The first-order valence-electron chi connectivity index (χ1n) is 11.4. The molecule has 0 saturated heterocycles. The quantitative estimate of drug-likeness (QED) is 0.270. The summed E-state index contributed by atoms with van der Waals surface area (Å²) < 4.78 is 41.3. The SMILES string of the molecule is Cc1ccc(NC(=O)N(Cc2ccccc2)Cc2cccn2Cc2cccc(C(F)(F)F)c2)cc1Cl. The van der Waals surface area contributed by atoms with Gasteiger partial charge in [0.25, 0.3) is 0 Å². The number of carbonyl (C=O) groups excluding carboxylic acids is 1. The number of aromatic nitrogens is 1. The van der Waals surface area contributed by atoms with E-state index in [0.717, 1.165) is 29.0 Å². The maximum absolute atomic E-state index is 13.3. The number of anilines is 1. The molecule has 1 aromatic heterocycles. The molecular formula is C28H25ClF3N3O. The number of rotatable bonds is 7. The number of halogens is 4. The van der Waals surface area contributed by atoms with E-state index in [1.54, 1.807) is 29.3 Å². The second kappa shape index (κ2) is 10.9. The Bertz CT molecular complexity index is 1340. The molecule has 0 aliphatic heterocycles. The highest BCUT2D eigenvalue weighted by molar-refractivity contribution is 6.31. The van der Waals surface area contributed by atoms with Crippen LogP contribution in [-0.4, -0.2) is 15.5 Å². The number of carbonyl (C=O) groups is 1. The molecule has 0 radical (unpaired) electrons. The van der Waals surface area contributed by atoms with E-state index >= 15 is 0 Å². The van der Waals surface area contributed by atoms with Crippen molar-refractivity contribution in [3.63, 3.8) is 0 Å². The first-order valence-corrected chi connectivity index (χ1v) is 11.7. The monoisotopic (exact) mass is 511 g/mol. The normalized spacial score (nSPS) is 11.4. The first kappa shape index (κ1) is 25.4. The van der Waals surface area contributed by atoms with Crippen LogP contribution in [-0.2, 0) is 25.8 Å². The minimum Gasteiger partial charge on any atom is -0.345 e. The summed E-state index contributed by atoms with van der Waals surface area (Å²) in [5.74, 6) is 0. The number of hydrogen-bond donors (Lipinski definition) is 1. The number of hydrogen-bond acceptors (Lipinski definition) is 1. The highest BCUT2D eigenvalue weighted by Gasteiger charge is 2.30. The van der Waals surface area contributed by atoms with Gasteiger partial charge in [0.1, 0.15) is 0 Å². The van der Waals surface area contributed by atoms with Gasteiger partial charge in [-0.2, -0.15) is 13.2 Å². The van der Waals surface area contributed by atoms with Crippen molar-refractivity contribution in [1.29, 1.82) is 0 Å². The van der Waals surface area contributed by atoms with Gasteiger partial charge in [0.15, 0.2) is 0 Å². The van der Waals surface area contributed by atoms with Crippen molar-refractivity contribution in [2.45, 2.75) is 32.7 Å². The van der Waals surface area contributed by atoms with Crippen LogP contribution in [0.1, 0.15) is 27.9 Å². The third kappa shape index (κ3) is 6.49. The summed E-state index contributed by atoms with van der Waals surface area (Å²) >= 11 is 6.22. The van der Waals surface area contributed by atoms with Gasteiger partial charge in [-0.25, -0.2) is 4.79 Å². The van der Waals surface area contributed by atoms with E-state index in [-0.39, 0.29) is 19.1 Å². The molecule has 186 valence electrons. The number of benzene rings is 3. The maximum atomic E-state index is 13.3. The Hall–Kier alpha value is -3.71. The molecule has 8 heteroatoms. The molecule has 2 amide bonds. The predicted molar refractivity (Wildman–Crippen MR) is 136 cm³/mol. The van der Waals surface area contributed by atoms with Crippen LogP contribution in [0.25, 0.3) is 0 Å². The molecule has 0 saturated carbocycles. The molecule has 0 spiro atoms. The summed E-state index contributed by atoms with van der Waals surface area (Å²) in [6.45, 7) is 2.74. The highest BCUT2D eigenvalue weighted by atomic mass is 35.5. The topological polar surface area (TPSA) is 37.3 Å². The van der Waals surface area contributed by atoms with E-state index in [4.69, 9.17) is 11.6 Å². The zero-order valence-corrected chi connectivity index (χ0v) is 20.4. The summed E-state index contributed by atoms with van der Waals surface area (Å²) in [7, 11) is 0. The highest BCUT2D eigenvalue weighted by Crippen LogP contribution is 2.30. The second-order valence-corrected chi connectivity index (χ2v) is 8.97. The predicted octanol–water partition coefficient (Wildman–Crippen LogP) is 7.75. The van der Waals surface area contributed by atoms with Crippen molar-refractivity contribution in [2.24, 2.45) is 0 Å².